The molecular formula is C11H13ClN2O2. The van der Waals surface area contributed by atoms with E-state index >= 15 is 0 Å². The highest BCUT2D eigenvalue weighted by molar-refractivity contribution is 6.32. The molecule has 0 aliphatic carbocycles. The monoisotopic (exact) mass is 240 g/mol. The van der Waals surface area contributed by atoms with Crippen molar-refractivity contribution in [2.45, 2.75) is 25.3 Å². The molecule has 1 heterocycles. The molecule has 86 valence electrons. The van der Waals surface area contributed by atoms with Crippen LogP contribution < -0.4 is 5.32 Å². The average Bonchev–Trinajstić information content (AvgIpc) is 2.73. The van der Waals surface area contributed by atoms with E-state index in [2.05, 4.69) is 5.32 Å². The van der Waals surface area contributed by atoms with Crippen LogP contribution in [-0.4, -0.2) is 17.5 Å². The lowest BCUT2D eigenvalue weighted by atomic mass is 10.0. The molecule has 4 nitrogen and oxygen atoms in total. The third-order valence-corrected chi connectivity index (χ3v) is 3.17. The molecule has 1 aromatic rings. The molecule has 2 rings (SSSR count). The van der Waals surface area contributed by atoms with Crippen LogP contribution in [0.15, 0.2) is 18.2 Å². The number of nitrogens with one attached hydrogen (secondary N) is 1. The number of hydrogen-bond acceptors (Lipinski definition) is 3. The second-order valence-corrected chi connectivity index (χ2v) is 4.45. The van der Waals surface area contributed by atoms with Gasteiger partial charge in [0.25, 0.3) is 5.69 Å². The molecule has 1 aliphatic heterocycles. The van der Waals surface area contributed by atoms with E-state index in [-0.39, 0.29) is 10.7 Å². The van der Waals surface area contributed by atoms with E-state index in [0.717, 1.165) is 24.9 Å². The lowest BCUT2D eigenvalue weighted by molar-refractivity contribution is -0.384. The number of nitrogens with zero attached hydrogens (tertiary/aromatic N) is 1. The van der Waals surface area contributed by atoms with Crippen molar-refractivity contribution in [1.29, 1.82) is 0 Å². The molecule has 1 atom stereocenters. The molecule has 1 N–H and O–H groups in total. The van der Waals surface area contributed by atoms with Crippen LogP contribution >= 0.6 is 11.6 Å². The summed E-state index contributed by atoms with van der Waals surface area (Å²) < 4.78 is 0. The summed E-state index contributed by atoms with van der Waals surface area (Å²) in [5.41, 5.74) is 0.965. The molecule has 0 aromatic heterocycles. The number of nitro groups is 1. The minimum absolute atomic E-state index is 0.00263. The smallest absolute Gasteiger partial charge is 0.288 e. The lowest BCUT2D eigenvalue weighted by Crippen LogP contribution is -2.23. The molecular weight excluding hydrogens is 228 g/mol. The van der Waals surface area contributed by atoms with Crippen LogP contribution in [0.1, 0.15) is 18.4 Å². The lowest BCUT2D eigenvalue weighted by Gasteiger charge is -2.09. The maximum absolute atomic E-state index is 10.7. The Kier molecular flexibility index (Phi) is 3.41. The molecule has 1 fully saturated rings. The number of rotatable bonds is 3. The van der Waals surface area contributed by atoms with Gasteiger partial charge in [-0.2, -0.15) is 0 Å². The maximum Gasteiger partial charge on any atom is 0.288 e. The first kappa shape index (κ1) is 11.4. The molecule has 1 unspecified atom stereocenters. The summed E-state index contributed by atoms with van der Waals surface area (Å²) in [6.07, 6.45) is 3.15. The molecule has 0 spiro atoms. The number of nitro benzene ring substituents is 1. The van der Waals surface area contributed by atoms with Crippen LogP contribution in [0.3, 0.4) is 0 Å². The van der Waals surface area contributed by atoms with E-state index in [4.69, 9.17) is 11.6 Å². The summed E-state index contributed by atoms with van der Waals surface area (Å²) in [5.74, 6) is 0. The Hall–Kier alpha value is -1.13. The fraction of sp³-hybridized carbons (Fsp3) is 0.455. The highest BCUT2D eigenvalue weighted by Crippen LogP contribution is 2.26. The molecule has 1 aromatic carbocycles. The normalized spacial score (nSPS) is 19.9. The topological polar surface area (TPSA) is 55.2 Å². The van der Waals surface area contributed by atoms with Crippen LogP contribution in [0.2, 0.25) is 5.02 Å². The Morgan fingerprint density at radius 1 is 1.56 bits per heavy atom. The van der Waals surface area contributed by atoms with E-state index in [1.54, 1.807) is 12.1 Å². The van der Waals surface area contributed by atoms with Crippen LogP contribution in [0.5, 0.6) is 0 Å². The summed E-state index contributed by atoms with van der Waals surface area (Å²) in [6, 6.07) is 5.47. The third kappa shape index (κ3) is 2.51. The third-order valence-electron chi connectivity index (χ3n) is 2.85. The average molecular weight is 241 g/mol. The van der Waals surface area contributed by atoms with E-state index in [1.807, 2.05) is 6.07 Å². The summed E-state index contributed by atoms with van der Waals surface area (Å²) in [4.78, 5) is 10.3. The zero-order valence-corrected chi connectivity index (χ0v) is 9.54. The minimum atomic E-state index is -0.437. The molecule has 0 radical (unpaired) electrons. The second-order valence-electron chi connectivity index (χ2n) is 4.04. The first-order valence-electron chi connectivity index (χ1n) is 5.33. The first-order valence-corrected chi connectivity index (χ1v) is 5.71. The Morgan fingerprint density at radius 3 is 3.00 bits per heavy atom. The van der Waals surface area contributed by atoms with Gasteiger partial charge in [-0.1, -0.05) is 17.7 Å². The Bertz CT molecular complexity index is 403. The Morgan fingerprint density at radius 2 is 2.38 bits per heavy atom. The number of hydrogen-bond donors (Lipinski definition) is 1. The van der Waals surface area contributed by atoms with E-state index < -0.39 is 4.92 Å². The largest absolute Gasteiger partial charge is 0.314 e. The van der Waals surface area contributed by atoms with Gasteiger partial charge in [0.2, 0.25) is 0 Å². The van der Waals surface area contributed by atoms with Gasteiger partial charge in [0.15, 0.2) is 0 Å². The van der Waals surface area contributed by atoms with E-state index in [0.29, 0.717) is 6.04 Å². The maximum atomic E-state index is 10.7. The fourth-order valence-corrected chi connectivity index (χ4v) is 2.23. The van der Waals surface area contributed by atoms with Gasteiger partial charge in [-0.15, -0.1) is 0 Å². The van der Waals surface area contributed by atoms with Gasteiger partial charge in [0.1, 0.15) is 5.02 Å². The summed E-state index contributed by atoms with van der Waals surface area (Å²) in [6.45, 7) is 1.04. The number of benzene rings is 1. The van der Waals surface area contributed by atoms with Gasteiger partial charge >= 0.3 is 0 Å². The van der Waals surface area contributed by atoms with Crippen molar-refractivity contribution in [3.8, 4) is 0 Å². The summed E-state index contributed by atoms with van der Waals surface area (Å²) >= 11 is 5.75. The molecule has 0 amide bonds. The zero-order chi connectivity index (χ0) is 11.5. The highest BCUT2D eigenvalue weighted by Gasteiger charge is 2.17. The molecule has 1 aliphatic rings. The van der Waals surface area contributed by atoms with E-state index in [9.17, 15) is 10.1 Å². The number of halogens is 1. The summed E-state index contributed by atoms with van der Waals surface area (Å²) in [5, 5.41) is 14.3. The quantitative estimate of drug-likeness (QED) is 0.653. The van der Waals surface area contributed by atoms with Gasteiger partial charge < -0.3 is 5.32 Å². The van der Waals surface area contributed by atoms with E-state index in [1.165, 1.54) is 6.42 Å². The fourth-order valence-electron chi connectivity index (χ4n) is 2.04. The Balaban J connectivity index is 2.15. The van der Waals surface area contributed by atoms with Gasteiger partial charge in [0, 0.05) is 12.1 Å². The molecule has 0 bridgehead atoms. The second kappa shape index (κ2) is 4.80. The van der Waals surface area contributed by atoms with Crippen molar-refractivity contribution in [2.75, 3.05) is 6.54 Å². The first-order chi connectivity index (χ1) is 7.66. The summed E-state index contributed by atoms with van der Waals surface area (Å²) in [7, 11) is 0. The SMILES string of the molecule is O=[N+]([O-])c1cc(CC2CCCN2)ccc1Cl. The molecule has 16 heavy (non-hydrogen) atoms. The van der Waals surface area contributed by atoms with Gasteiger partial charge in [0.05, 0.1) is 4.92 Å². The van der Waals surface area contributed by atoms with Crippen molar-refractivity contribution in [3.63, 3.8) is 0 Å². The predicted octanol–water partition coefficient (Wildman–Crippen LogP) is 2.54. The highest BCUT2D eigenvalue weighted by atomic mass is 35.5. The predicted molar refractivity (Wildman–Crippen MR) is 62.8 cm³/mol. The Labute approximate surface area is 98.8 Å². The van der Waals surface area contributed by atoms with Gasteiger partial charge in [-0.3, -0.25) is 10.1 Å². The van der Waals surface area contributed by atoms with Crippen molar-refractivity contribution >= 4 is 17.3 Å². The van der Waals surface area contributed by atoms with Crippen molar-refractivity contribution in [1.82, 2.24) is 5.32 Å². The van der Waals surface area contributed by atoms with Crippen molar-refractivity contribution in [3.05, 3.63) is 38.9 Å². The van der Waals surface area contributed by atoms with Crippen LogP contribution in [0.4, 0.5) is 5.69 Å². The molecule has 5 heteroatoms. The van der Waals surface area contributed by atoms with Gasteiger partial charge in [-0.05, 0) is 37.4 Å². The van der Waals surface area contributed by atoms with Crippen molar-refractivity contribution < 1.29 is 4.92 Å². The molecule has 1 saturated heterocycles. The standard InChI is InChI=1S/C11H13ClN2O2/c12-10-4-3-8(7-11(10)14(15)16)6-9-2-1-5-13-9/h3-4,7,9,13H,1-2,5-6H2. The van der Waals surface area contributed by atoms with Crippen LogP contribution in [-0.2, 0) is 6.42 Å². The minimum Gasteiger partial charge on any atom is -0.314 e. The van der Waals surface area contributed by atoms with Crippen LogP contribution in [0.25, 0.3) is 0 Å². The van der Waals surface area contributed by atoms with Crippen molar-refractivity contribution in [2.24, 2.45) is 0 Å². The molecule has 0 saturated carbocycles. The van der Waals surface area contributed by atoms with Gasteiger partial charge in [-0.25, -0.2) is 0 Å². The zero-order valence-electron chi connectivity index (χ0n) is 8.78. The van der Waals surface area contributed by atoms with Crippen LogP contribution in [0, 0.1) is 10.1 Å².